The van der Waals surface area contributed by atoms with Crippen LogP contribution in [0.25, 0.3) is 0 Å². The van der Waals surface area contributed by atoms with E-state index in [0.717, 1.165) is 16.9 Å². The molecule has 3 aromatic rings. The molecule has 3 amide bonds. The highest BCUT2D eigenvalue weighted by Gasteiger charge is 2.33. The SMILES string of the molecule is COc1ccc([C@@H](NC(=O)OC(C)(C)C)C(=O)NC(C(=O)Nc2nc(C(C)=O)cs2)C(C)c2ccccc2)cc1. The van der Waals surface area contributed by atoms with Crippen molar-refractivity contribution < 1.29 is 28.7 Å². The number of amides is 3. The maximum Gasteiger partial charge on any atom is 0.408 e. The molecule has 0 bridgehead atoms. The number of nitrogens with zero attached hydrogens (tertiary/aromatic N) is 1. The van der Waals surface area contributed by atoms with Crippen molar-refractivity contribution in [1.82, 2.24) is 15.6 Å². The van der Waals surface area contributed by atoms with Crippen LogP contribution < -0.4 is 20.7 Å². The molecule has 1 heterocycles. The Hall–Kier alpha value is -4.25. The van der Waals surface area contributed by atoms with Crippen LogP contribution in [0.2, 0.25) is 0 Å². The van der Waals surface area contributed by atoms with Crippen LogP contribution in [-0.4, -0.2) is 47.4 Å². The number of aromatic nitrogens is 1. The largest absolute Gasteiger partial charge is 0.497 e. The number of Topliss-reactive ketones (excluding diaryl/α,β-unsaturated/α-hetero) is 1. The molecule has 0 aliphatic heterocycles. The molecule has 3 rings (SSSR count). The molecule has 0 radical (unpaired) electrons. The average Bonchev–Trinajstić information content (AvgIpc) is 3.38. The number of thiazole rings is 1. The summed E-state index contributed by atoms with van der Waals surface area (Å²) in [4.78, 5) is 55.8. The number of ether oxygens (including phenoxy) is 2. The van der Waals surface area contributed by atoms with Crippen molar-refractivity contribution >= 4 is 40.2 Å². The van der Waals surface area contributed by atoms with Crippen molar-refractivity contribution in [3.8, 4) is 5.75 Å². The summed E-state index contributed by atoms with van der Waals surface area (Å²) in [5, 5.41) is 9.93. The van der Waals surface area contributed by atoms with Gasteiger partial charge in [-0.25, -0.2) is 9.78 Å². The van der Waals surface area contributed by atoms with E-state index in [1.165, 1.54) is 14.0 Å². The highest BCUT2D eigenvalue weighted by atomic mass is 32.1. The zero-order valence-electron chi connectivity index (χ0n) is 23.3. The quantitative estimate of drug-likeness (QED) is 0.299. The number of anilines is 1. The van der Waals surface area contributed by atoms with Crippen molar-refractivity contribution in [3.63, 3.8) is 0 Å². The first-order valence-electron chi connectivity index (χ1n) is 12.6. The molecule has 3 atom stereocenters. The number of nitrogens with one attached hydrogen (secondary N) is 3. The summed E-state index contributed by atoms with van der Waals surface area (Å²) < 4.78 is 10.6. The topological polar surface area (TPSA) is 136 Å². The van der Waals surface area contributed by atoms with Gasteiger partial charge in [0, 0.05) is 18.2 Å². The number of hydrogen-bond acceptors (Lipinski definition) is 8. The summed E-state index contributed by atoms with van der Waals surface area (Å²) in [5.74, 6) is -1.27. The molecule has 3 N–H and O–H groups in total. The predicted molar refractivity (Wildman–Crippen MR) is 153 cm³/mol. The number of alkyl carbamates (subject to hydrolysis) is 1. The maximum absolute atomic E-state index is 13.7. The summed E-state index contributed by atoms with van der Waals surface area (Å²) in [7, 11) is 1.52. The van der Waals surface area contributed by atoms with E-state index in [2.05, 4.69) is 20.9 Å². The maximum atomic E-state index is 13.7. The van der Waals surface area contributed by atoms with Gasteiger partial charge in [0.1, 0.15) is 29.1 Å². The van der Waals surface area contributed by atoms with Gasteiger partial charge in [-0.1, -0.05) is 49.4 Å². The minimum Gasteiger partial charge on any atom is -0.497 e. The zero-order valence-corrected chi connectivity index (χ0v) is 24.1. The number of carbonyl (C=O) groups is 4. The van der Waals surface area contributed by atoms with E-state index in [0.29, 0.717) is 11.3 Å². The van der Waals surface area contributed by atoms with Gasteiger partial charge < -0.3 is 25.4 Å². The molecule has 2 aromatic carbocycles. The predicted octanol–water partition coefficient (Wildman–Crippen LogP) is 4.85. The van der Waals surface area contributed by atoms with Crippen molar-refractivity contribution in [3.05, 3.63) is 76.8 Å². The van der Waals surface area contributed by atoms with Gasteiger partial charge in [-0.05, 0) is 44.0 Å². The van der Waals surface area contributed by atoms with E-state index >= 15 is 0 Å². The van der Waals surface area contributed by atoms with Gasteiger partial charge in [0.05, 0.1) is 7.11 Å². The average molecular weight is 567 g/mol. The number of hydrogen-bond donors (Lipinski definition) is 3. The Labute approximate surface area is 237 Å². The van der Waals surface area contributed by atoms with E-state index < -0.39 is 41.5 Å². The molecule has 0 spiro atoms. The third kappa shape index (κ3) is 8.37. The van der Waals surface area contributed by atoms with Crippen LogP contribution in [0.4, 0.5) is 9.93 Å². The Balaban J connectivity index is 1.92. The fourth-order valence-corrected chi connectivity index (χ4v) is 4.55. The Bertz CT molecular complexity index is 1330. The van der Waals surface area contributed by atoms with Crippen molar-refractivity contribution in [1.29, 1.82) is 0 Å². The van der Waals surface area contributed by atoms with Gasteiger partial charge in [-0.2, -0.15) is 0 Å². The molecule has 10 nitrogen and oxygen atoms in total. The standard InChI is InChI=1S/C29H34N4O6S/c1-17(19-10-8-7-9-11-19)23(25(35)33-27-30-22(16-40-27)18(2)34)31-26(36)24(32-28(37)39-29(3,4)5)20-12-14-21(38-6)15-13-20/h7-17,23-24H,1-6H3,(H,31,36)(H,32,37)(H,30,33,35)/t17?,23?,24-/m1/s1. The second-order valence-electron chi connectivity index (χ2n) is 10.1. The second kappa shape index (κ2) is 13.2. The number of carbonyl (C=O) groups excluding carboxylic acids is 4. The lowest BCUT2D eigenvalue weighted by molar-refractivity contribution is -0.128. The van der Waals surface area contributed by atoms with Crippen LogP contribution in [0.3, 0.4) is 0 Å². The number of benzene rings is 2. The first-order chi connectivity index (χ1) is 18.9. The highest BCUT2D eigenvalue weighted by molar-refractivity contribution is 7.14. The Morgan fingerprint density at radius 2 is 1.55 bits per heavy atom. The van der Waals surface area contributed by atoms with Gasteiger partial charge in [-0.3, -0.25) is 14.4 Å². The summed E-state index contributed by atoms with van der Waals surface area (Å²) >= 11 is 1.11. The third-order valence-corrected chi connectivity index (χ3v) is 6.63. The molecule has 0 aliphatic rings. The molecule has 0 fully saturated rings. The number of methoxy groups -OCH3 is 1. The minimum atomic E-state index is -1.18. The summed E-state index contributed by atoms with van der Waals surface area (Å²) in [6.45, 7) is 8.35. The van der Waals surface area contributed by atoms with Crippen LogP contribution in [0.15, 0.2) is 60.0 Å². The molecule has 0 saturated heterocycles. The molecule has 11 heteroatoms. The number of ketones is 1. The molecule has 40 heavy (non-hydrogen) atoms. The molecule has 0 saturated carbocycles. The van der Waals surface area contributed by atoms with Gasteiger partial charge in [-0.15, -0.1) is 11.3 Å². The zero-order chi connectivity index (χ0) is 29.4. The fourth-order valence-electron chi connectivity index (χ4n) is 3.80. The van der Waals surface area contributed by atoms with Crippen molar-refractivity contribution in [2.75, 3.05) is 12.4 Å². The van der Waals surface area contributed by atoms with E-state index in [-0.39, 0.29) is 16.6 Å². The van der Waals surface area contributed by atoms with E-state index in [4.69, 9.17) is 9.47 Å². The van der Waals surface area contributed by atoms with Gasteiger partial charge in [0.15, 0.2) is 10.9 Å². The fraction of sp³-hybridized carbons (Fsp3) is 0.345. The monoisotopic (exact) mass is 566 g/mol. The van der Waals surface area contributed by atoms with E-state index in [1.807, 2.05) is 37.3 Å². The Kier molecular flexibility index (Phi) is 10.0. The van der Waals surface area contributed by atoms with E-state index in [1.54, 1.807) is 50.4 Å². The lowest BCUT2D eigenvalue weighted by Crippen LogP contribution is -2.51. The summed E-state index contributed by atoms with van der Waals surface area (Å²) in [6.07, 6.45) is -0.792. The molecule has 2 unspecified atom stereocenters. The first kappa shape index (κ1) is 30.3. The molecule has 1 aromatic heterocycles. The molecule has 0 aliphatic carbocycles. The minimum absolute atomic E-state index is 0.227. The lowest BCUT2D eigenvalue weighted by atomic mass is 9.92. The van der Waals surface area contributed by atoms with Crippen molar-refractivity contribution in [2.45, 2.75) is 58.2 Å². The van der Waals surface area contributed by atoms with Gasteiger partial charge >= 0.3 is 6.09 Å². The molecular weight excluding hydrogens is 532 g/mol. The molecular formula is C29H34N4O6S. The summed E-state index contributed by atoms with van der Waals surface area (Å²) in [6, 6.07) is 13.6. The smallest absolute Gasteiger partial charge is 0.408 e. The van der Waals surface area contributed by atoms with Gasteiger partial charge in [0.2, 0.25) is 11.8 Å². The summed E-state index contributed by atoms with van der Waals surface area (Å²) in [5.41, 5.74) is 0.717. The van der Waals surface area contributed by atoms with Crippen LogP contribution in [0.5, 0.6) is 5.75 Å². The van der Waals surface area contributed by atoms with Crippen LogP contribution in [0, 0.1) is 0 Å². The van der Waals surface area contributed by atoms with Gasteiger partial charge in [0.25, 0.3) is 0 Å². The second-order valence-corrected chi connectivity index (χ2v) is 11.0. The normalized spacial score (nSPS) is 13.3. The van der Waals surface area contributed by atoms with Crippen LogP contribution in [0.1, 0.15) is 68.2 Å². The highest BCUT2D eigenvalue weighted by Crippen LogP contribution is 2.24. The Morgan fingerprint density at radius 1 is 0.900 bits per heavy atom. The van der Waals surface area contributed by atoms with E-state index in [9.17, 15) is 19.2 Å². The Morgan fingerprint density at radius 3 is 2.10 bits per heavy atom. The first-order valence-corrected chi connectivity index (χ1v) is 13.5. The number of rotatable bonds is 10. The lowest BCUT2D eigenvalue weighted by Gasteiger charge is -2.28. The third-order valence-electron chi connectivity index (χ3n) is 5.87. The molecule has 212 valence electrons. The van der Waals surface area contributed by atoms with Crippen LogP contribution in [-0.2, 0) is 14.3 Å². The van der Waals surface area contributed by atoms with Crippen molar-refractivity contribution in [2.24, 2.45) is 0 Å². The van der Waals surface area contributed by atoms with Crippen LogP contribution >= 0.6 is 11.3 Å².